The molecule has 0 aliphatic carbocycles. The summed E-state index contributed by atoms with van der Waals surface area (Å²) in [7, 11) is -3.46. The molecule has 0 spiro atoms. The van der Waals surface area contributed by atoms with Crippen LogP contribution in [0.3, 0.4) is 0 Å². The first-order chi connectivity index (χ1) is 10.1. The zero-order valence-electron chi connectivity index (χ0n) is 12.5. The monoisotopic (exact) mass is 310 g/mol. The van der Waals surface area contributed by atoms with E-state index in [2.05, 4.69) is 14.7 Å². The minimum Gasteiger partial charge on any atom is -0.341 e. The minimum atomic E-state index is -3.46. The van der Waals surface area contributed by atoms with Gasteiger partial charge in [0, 0.05) is 13.1 Å². The summed E-state index contributed by atoms with van der Waals surface area (Å²) < 4.78 is 28.6. The van der Waals surface area contributed by atoms with Crippen LogP contribution in [0.2, 0.25) is 0 Å². The van der Waals surface area contributed by atoms with Gasteiger partial charge in [0.2, 0.25) is 0 Å². The number of H-pyrrole nitrogens is 1. The Morgan fingerprint density at radius 2 is 1.86 bits per heavy atom. The van der Waals surface area contributed by atoms with Crippen LogP contribution in [0, 0.1) is 0 Å². The molecule has 1 aromatic heterocycles. The number of rotatable bonds is 8. The Balaban J connectivity index is 2.06. The number of aromatic nitrogens is 2. The second kappa shape index (κ2) is 7.02. The van der Waals surface area contributed by atoms with Crippen LogP contribution in [0.4, 0.5) is 0 Å². The Labute approximate surface area is 125 Å². The lowest BCUT2D eigenvalue weighted by Crippen LogP contribution is -2.41. The van der Waals surface area contributed by atoms with Gasteiger partial charge in [0.1, 0.15) is 5.82 Å². The van der Waals surface area contributed by atoms with Gasteiger partial charge in [0.05, 0.1) is 17.6 Å². The summed E-state index contributed by atoms with van der Waals surface area (Å²) in [5.41, 5.74) is 1.75. The third-order valence-corrected chi connectivity index (χ3v) is 4.70. The summed E-state index contributed by atoms with van der Waals surface area (Å²) in [5.74, 6) is 0.618. The summed E-state index contributed by atoms with van der Waals surface area (Å²) in [4.78, 5) is 7.48. The van der Waals surface area contributed by atoms with Crippen molar-refractivity contribution in [3.63, 3.8) is 0 Å². The van der Waals surface area contributed by atoms with E-state index in [1.807, 2.05) is 38.1 Å². The number of para-hydroxylation sites is 2. The van der Waals surface area contributed by atoms with E-state index in [1.54, 1.807) is 0 Å². The molecule has 0 radical (unpaired) electrons. The van der Waals surface area contributed by atoms with Crippen LogP contribution in [-0.2, 0) is 16.8 Å². The van der Waals surface area contributed by atoms with Crippen molar-refractivity contribution in [1.29, 1.82) is 0 Å². The van der Waals surface area contributed by atoms with Gasteiger partial charge in [-0.25, -0.2) is 4.98 Å². The van der Waals surface area contributed by atoms with Gasteiger partial charge in [-0.2, -0.15) is 17.4 Å². The average Bonchev–Trinajstić information content (AvgIpc) is 2.88. The highest BCUT2D eigenvalue weighted by Gasteiger charge is 2.20. The van der Waals surface area contributed by atoms with Crippen LogP contribution in [0.1, 0.15) is 32.5 Å². The van der Waals surface area contributed by atoms with E-state index in [1.165, 1.54) is 4.31 Å². The number of nitrogens with one attached hydrogen (secondary N) is 2. The molecule has 2 rings (SSSR count). The average molecular weight is 310 g/mol. The maximum absolute atomic E-state index is 12.3. The highest BCUT2D eigenvalue weighted by atomic mass is 32.2. The second-order valence-electron chi connectivity index (χ2n) is 4.93. The Morgan fingerprint density at radius 3 is 2.48 bits per heavy atom. The number of hydrogen-bond donors (Lipinski definition) is 2. The Bertz CT molecular complexity index is 642. The van der Waals surface area contributed by atoms with Gasteiger partial charge < -0.3 is 4.98 Å². The van der Waals surface area contributed by atoms with Crippen molar-refractivity contribution in [1.82, 2.24) is 19.0 Å². The smallest absolute Gasteiger partial charge is 0.279 e. The van der Waals surface area contributed by atoms with Crippen LogP contribution in [0.15, 0.2) is 24.3 Å². The number of aromatic amines is 1. The van der Waals surface area contributed by atoms with Crippen molar-refractivity contribution >= 4 is 21.2 Å². The fourth-order valence-corrected chi connectivity index (χ4v) is 3.54. The molecule has 0 aliphatic rings. The number of imidazole rings is 1. The molecule has 0 unspecified atom stereocenters. The summed E-state index contributed by atoms with van der Waals surface area (Å²) in [6, 6.07) is 7.63. The van der Waals surface area contributed by atoms with Crippen molar-refractivity contribution in [2.24, 2.45) is 0 Å². The number of hydrogen-bond acceptors (Lipinski definition) is 3. The first kappa shape index (κ1) is 15.9. The molecule has 7 heteroatoms. The molecule has 0 atom stereocenters. The van der Waals surface area contributed by atoms with E-state index in [-0.39, 0.29) is 6.54 Å². The van der Waals surface area contributed by atoms with Gasteiger partial charge in [-0.1, -0.05) is 26.0 Å². The molecule has 0 bridgehead atoms. The highest BCUT2D eigenvalue weighted by Crippen LogP contribution is 2.10. The van der Waals surface area contributed by atoms with Crippen LogP contribution >= 0.6 is 0 Å². The molecular weight excluding hydrogens is 288 g/mol. The quantitative estimate of drug-likeness (QED) is 0.783. The largest absolute Gasteiger partial charge is 0.341 e. The number of fused-ring (bicyclic) bond motifs is 1. The van der Waals surface area contributed by atoms with Crippen molar-refractivity contribution in [2.75, 3.05) is 13.1 Å². The Hall–Kier alpha value is -1.44. The molecule has 0 aliphatic heterocycles. The van der Waals surface area contributed by atoms with Crippen LogP contribution in [-0.4, -0.2) is 35.8 Å². The lowest BCUT2D eigenvalue weighted by atomic mass is 10.3. The summed E-state index contributed by atoms with van der Waals surface area (Å²) in [6.45, 7) is 5.17. The van der Waals surface area contributed by atoms with Crippen molar-refractivity contribution < 1.29 is 8.42 Å². The Kier molecular flexibility index (Phi) is 5.33. The lowest BCUT2D eigenvalue weighted by Gasteiger charge is -2.20. The van der Waals surface area contributed by atoms with Gasteiger partial charge in [-0.3, -0.25) is 0 Å². The van der Waals surface area contributed by atoms with Gasteiger partial charge in [0.15, 0.2) is 0 Å². The van der Waals surface area contributed by atoms with Crippen LogP contribution < -0.4 is 4.72 Å². The molecule has 1 aromatic carbocycles. The molecule has 0 saturated heterocycles. The topological polar surface area (TPSA) is 78.1 Å². The van der Waals surface area contributed by atoms with E-state index < -0.39 is 10.2 Å². The minimum absolute atomic E-state index is 0.168. The third-order valence-electron chi connectivity index (χ3n) is 3.15. The SMILES string of the molecule is CCCN(CCC)S(=O)(=O)NCc1nc2ccccc2[nH]1. The maximum Gasteiger partial charge on any atom is 0.279 e. The van der Waals surface area contributed by atoms with Crippen molar-refractivity contribution in [2.45, 2.75) is 33.2 Å². The zero-order valence-corrected chi connectivity index (χ0v) is 13.3. The molecule has 6 nitrogen and oxygen atoms in total. The molecule has 21 heavy (non-hydrogen) atoms. The van der Waals surface area contributed by atoms with Crippen molar-refractivity contribution in [3.05, 3.63) is 30.1 Å². The second-order valence-corrected chi connectivity index (χ2v) is 6.68. The van der Waals surface area contributed by atoms with Crippen molar-refractivity contribution in [3.8, 4) is 0 Å². The van der Waals surface area contributed by atoms with Gasteiger partial charge in [-0.05, 0) is 25.0 Å². The molecule has 0 saturated carbocycles. The summed E-state index contributed by atoms with van der Waals surface area (Å²) in [5, 5.41) is 0. The normalized spacial score (nSPS) is 12.3. The molecule has 0 amide bonds. The first-order valence-electron chi connectivity index (χ1n) is 7.25. The van der Waals surface area contributed by atoms with Gasteiger partial charge in [0.25, 0.3) is 10.2 Å². The van der Waals surface area contributed by atoms with Gasteiger partial charge in [-0.15, -0.1) is 0 Å². The van der Waals surface area contributed by atoms with E-state index in [0.717, 1.165) is 23.9 Å². The number of nitrogens with zero attached hydrogens (tertiary/aromatic N) is 2. The van der Waals surface area contributed by atoms with E-state index in [0.29, 0.717) is 18.9 Å². The molecule has 0 fully saturated rings. The molecule has 2 N–H and O–H groups in total. The van der Waals surface area contributed by atoms with Gasteiger partial charge >= 0.3 is 0 Å². The molecule has 116 valence electrons. The van der Waals surface area contributed by atoms with Crippen LogP contribution in [0.25, 0.3) is 11.0 Å². The fraction of sp³-hybridized carbons (Fsp3) is 0.500. The predicted octanol–water partition coefficient (Wildman–Crippen LogP) is 2.02. The fourth-order valence-electron chi connectivity index (χ4n) is 2.19. The maximum atomic E-state index is 12.3. The van der Waals surface area contributed by atoms with E-state index in [9.17, 15) is 8.42 Å². The standard InChI is InChI=1S/C14H22N4O2S/c1-3-9-18(10-4-2)21(19,20)15-11-14-16-12-7-5-6-8-13(12)17-14/h5-8,15H,3-4,9-11H2,1-2H3,(H,16,17). The first-order valence-corrected chi connectivity index (χ1v) is 8.69. The molecular formula is C14H22N4O2S. The van der Waals surface area contributed by atoms with E-state index >= 15 is 0 Å². The Morgan fingerprint density at radius 1 is 1.19 bits per heavy atom. The lowest BCUT2D eigenvalue weighted by molar-refractivity contribution is 0.401. The zero-order chi connectivity index (χ0) is 15.3. The predicted molar refractivity (Wildman–Crippen MR) is 84.0 cm³/mol. The van der Waals surface area contributed by atoms with Crippen LogP contribution in [0.5, 0.6) is 0 Å². The third kappa shape index (κ3) is 4.03. The summed E-state index contributed by atoms with van der Waals surface area (Å²) >= 11 is 0. The summed E-state index contributed by atoms with van der Waals surface area (Å²) in [6.07, 6.45) is 1.59. The van der Waals surface area contributed by atoms with E-state index in [4.69, 9.17) is 0 Å². The number of benzene rings is 1. The molecule has 1 heterocycles. The highest BCUT2D eigenvalue weighted by molar-refractivity contribution is 7.87. The molecule has 2 aromatic rings.